The summed E-state index contributed by atoms with van der Waals surface area (Å²) in [6.45, 7) is 4.63. The molecule has 0 amide bonds. The maximum atomic E-state index is 12.1. The molecule has 1 aromatic rings. The molecule has 0 fully saturated rings. The Balaban J connectivity index is 2.96. The van der Waals surface area contributed by atoms with Crippen molar-refractivity contribution in [3.05, 3.63) is 28.8 Å². The standard InChI is InChI=1S/C14H19ClN2O2S/c1-3-11(2)10-17-20(18,19)14-7-6-12(5-4-8-16)9-13(14)15/h6-7,9,11,17H,3,8,10,16H2,1-2H3. The van der Waals surface area contributed by atoms with Gasteiger partial charge in [0.1, 0.15) is 4.90 Å². The quantitative estimate of drug-likeness (QED) is 0.816. The van der Waals surface area contributed by atoms with E-state index in [0.29, 0.717) is 12.1 Å². The lowest BCUT2D eigenvalue weighted by atomic mass is 10.1. The summed E-state index contributed by atoms with van der Waals surface area (Å²) in [6.07, 6.45) is 0.907. The normalized spacial score (nSPS) is 12.6. The minimum Gasteiger partial charge on any atom is -0.320 e. The van der Waals surface area contributed by atoms with E-state index in [1.165, 1.54) is 12.1 Å². The Hall–Kier alpha value is -1.06. The monoisotopic (exact) mass is 314 g/mol. The first-order valence-electron chi connectivity index (χ1n) is 6.38. The van der Waals surface area contributed by atoms with Gasteiger partial charge in [0, 0.05) is 12.1 Å². The topological polar surface area (TPSA) is 72.2 Å². The molecule has 1 unspecified atom stereocenters. The summed E-state index contributed by atoms with van der Waals surface area (Å²) in [4.78, 5) is 0.0702. The van der Waals surface area contributed by atoms with E-state index < -0.39 is 10.0 Å². The zero-order valence-electron chi connectivity index (χ0n) is 11.6. The third-order valence-electron chi connectivity index (χ3n) is 2.87. The summed E-state index contributed by atoms with van der Waals surface area (Å²) in [5, 5.41) is 0.158. The minimum atomic E-state index is -3.59. The fourth-order valence-electron chi connectivity index (χ4n) is 1.42. The number of halogens is 1. The molecule has 20 heavy (non-hydrogen) atoms. The van der Waals surface area contributed by atoms with Crippen molar-refractivity contribution in [3.8, 4) is 11.8 Å². The van der Waals surface area contributed by atoms with Crippen LogP contribution < -0.4 is 10.5 Å². The SMILES string of the molecule is CCC(C)CNS(=O)(=O)c1ccc(C#CCN)cc1Cl. The van der Waals surface area contributed by atoms with Gasteiger partial charge in [-0.15, -0.1) is 0 Å². The van der Waals surface area contributed by atoms with E-state index in [2.05, 4.69) is 16.6 Å². The second-order valence-corrected chi connectivity index (χ2v) is 6.66. The highest BCUT2D eigenvalue weighted by molar-refractivity contribution is 7.89. The fraction of sp³-hybridized carbons (Fsp3) is 0.429. The number of sulfonamides is 1. The van der Waals surface area contributed by atoms with Crippen molar-refractivity contribution >= 4 is 21.6 Å². The summed E-state index contributed by atoms with van der Waals surface area (Å²) < 4.78 is 26.9. The molecule has 6 heteroatoms. The van der Waals surface area contributed by atoms with E-state index in [0.717, 1.165) is 6.42 Å². The van der Waals surface area contributed by atoms with Gasteiger partial charge >= 0.3 is 0 Å². The molecule has 0 heterocycles. The molecule has 0 radical (unpaired) electrons. The van der Waals surface area contributed by atoms with Gasteiger partial charge in [-0.25, -0.2) is 13.1 Å². The summed E-state index contributed by atoms with van der Waals surface area (Å²) in [5.74, 6) is 5.78. The summed E-state index contributed by atoms with van der Waals surface area (Å²) in [6, 6.07) is 4.61. The molecular weight excluding hydrogens is 296 g/mol. The Morgan fingerprint density at radius 1 is 1.45 bits per heavy atom. The van der Waals surface area contributed by atoms with Crippen molar-refractivity contribution in [2.24, 2.45) is 11.7 Å². The van der Waals surface area contributed by atoms with Crippen LogP contribution in [0.1, 0.15) is 25.8 Å². The highest BCUT2D eigenvalue weighted by Gasteiger charge is 2.18. The number of nitrogens with two attached hydrogens (primary N) is 1. The molecular formula is C14H19ClN2O2S. The van der Waals surface area contributed by atoms with E-state index in [1.54, 1.807) is 6.07 Å². The van der Waals surface area contributed by atoms with Gasteiger partial charge in [0.05, 0.1) is 11.6 Å². The van der Waals surface area contributed by atoms with E-state index in [1.807, 2.05) is 13.8 Å². The first-order valence-corrected chi connectivity index (χ1v) is 8.25. The number of rotatable bonds is 5. The van der Waals surface area contributed by atoms with Crippen molar-refractivity contribution in [1.82, 2.24) is 4.72 Å². The first kappa shape index (κ1) is 17.0. The summed E-state index contributed by atoms with van der Waals surface area (Å²) >= 11 is 6.02. The second kappa shape index (κ2) is 7.65. The Bertz CT molecular complexity index is 618. The maximum absolute atomic E-state index is 12.1. The molecule has 110 valence electrons. The Morgan fingerprint density at radius 3 is 2.70 bits per heavy atom. The molecule has 0 saturated heterocycles. The number of hydrogen-bond donors (Lipinski definition) is 2. The van der Waals surface area contributed by atoms with Crippen LogP contribution in [-0.4, -0.2) is 21.5 Å². The van der Waals surface area contributed by atoms with E-state index in [9.17, 15) is 8.42 Å². The van der Waals surface area contributed by atoms with Crippen LogP contribution in [-0.2, 0) is 10.0 Å². The Morgan fingerprint density at radius 2 is 2.15 bits per heavy atom. The van der Waals surface area contributed by atoms with Gasteiger partial charge in [-0.05, 0) is 24.1 Å². The zero-order valence-corrected chi connectivity index (χ0v) is 13.2. The third-order valence-corrected chi connectivity index (χ3v) is 4.78. The molecule has 0 aliphatic carbocycles. The average Bonchev–Trinajstić information content (AvgIpc) is 2.42. The third kappa shape index (κ3) is 4.80. The van der Waals surface area contributed by atoms with Gasteiger partial charge in [-0.1, -0.05) is 43.7 Å². The van der Waals surface area contributed by atoms with Gasteiger partial charge < -0.3 is 5.73 Å². The number of hydrogen-bond acceptors (Lipinski definition) is 3. The van der Waals surface area contributed by atoms with Crippen LogP contribution in [0.4, 0.5) is 0 Å². The first-order chi connectivity index (χ1) is 9.40. The van der Waals surface area contributed by atoms with Crippen LogP contribution in [0, 0.1) is 17.8 Å². The number of benzene rings is 1. The van der Waals surface area contributed by atoms with Crippen molar-refractivity contribution < 1.29 is 8.42 Å². The van der Waals surface area contributed by atoms with Gasteiger partial charge in [0.25, 0.3) is 0 Å². The molecule has 1 aromatic carbocycles. The zero-order chi connectivity index (χ0) is 15.2. The van der Waals surface area contributed by atoms with Crippen LogP contribution in [0.5, 0.6) is 0 Å². The lowest BCUT2D eigenvalue weighted by Crippen LogP contribution is -2.28. The summed E-state index contributed by atoms with van der Waals surface area (Å²) in [5.41, 5.74) is 5.92. The lowest BCUT2D eigenvalue weighted by molar-refractivity contribution is 0.528. The molecule has 0 saturated carbocycles. The van der Waals surface area contributed by atoms with Crippen LogP contribution in [0.25, 0.3) is 0 Å². The molecule has 1 rings (SSSR count). The van der Waals surface area contributed by atoms with Crippen LogP contribution >= 0.6 is 11.6 Å². The molecule has 0 bridgehead atoms. The molecule has 4 nitrogen and oxygen atoms in total. The highest BCUT2D eigenvalue weighted by atomic mass is 35.5. The second-order valence-electron chi connectivity index (χ2n) is 4.52. The highest BCUT2D eigenvalue weighted by Crippen LogP contribution is 2.22. The van der Waals surface area contributed by atoms with Crippen molar-refractivity contribution in [2.45, 2.75) is 25.2 Å². The molecule has 1 atom stereocenters. The predicted molar refractivity (Wildman–Crippen MR) is 82.0 cm³/mol. The van der Waals surface area contributed by atoms with Crippen molar-refractivity contribution in [2.75, 3.05) is 13.1 Å². The van der Waals surface area contributed by atoms with Crippen molar-refractivity contribution in [3.63, 3.8) is 0 Å². The lowest BCUT2D eigenvalue weighted by Gasteiger charge is -2.12. The number of nitrogens with one attached hydrogen (secondary N) is 1. The minimum absolute atomic E-state index is 0.0702. The molecule has 3 N–H and O–H groups in total. The smallest absolute Gasteiger partial charge is 0.242 e. The van der Waals surface area contributed by atoms with Crippen LogP contribution in [0.2, 0.25) is 5.02 Å². The molecule has 0 aromatic heterocycles. The van der Waals surface area contributed by atoms with Crippen molar-refractivity contribution in [1.29, 1.82) is 0 Å². The van der Waals surface area contributed by atoms with Gasteiger partial charge in [-0.3, -0.25) is 0 Å². The molecule has 0 aliphatic heterocycles. The van der Waals surface area contributed by atoms with Gasteiger partial charge in [0.15, 0.2) is 0 Å². The maximum Gasteiger partial charge on any atom is 0.242 e. The average molecular weight is 315 g/mol. The van der Waals surface area contributed by atoms with E-state index >= 15 is 0 Å². The Labute approximate surface area is 125 Å². The van der Waals surface area contributed by atoms with E-state index in [4.69, 9.17) is 17.3 Å². The Kier molecular flexibility index (Phi) is 6.50. The van der Waals surface area contributed by atoms with Crippen LogP contribution in [0.3, 0.4) is 0 Å². The molecule has 0 aliphatic rings. The van der Waals surface area contributed by atoms with E-state index in [-0.39, 0.29) is 22.4 Å². The fourth-order valence-corrected chi connectivity index (χ4v) is 3.13. The van der Waals surface area contributed by atoms with Gasteiger partial charge in [-0.2, -0.15) is 0 Å². The van der Waals surface area contributed by atoms with Gasteiger partial charge in [0.2, 0.25) is 10.0 Å². The molecule has 0 spiro atoms. The largest absolute Gasteiger partial charge is 0.320 e. The van der Waals surface area contributed by atoms with Crippen LogP contribution in [0.15, 0.2) is 23.1 Å². The predicted octanol–water partition coefficient (Wildman–Crippen LogP) is 1.97. The summed E-state index contributed by atoms with van der Waals surface area (Å²) in [7, 11) is -3.59.